The van der Waals surface area contributed by atoms with Gasteiger partial charge in [0.1, 0.15) is 5.75 Å². The molecule has 4 nitrogen and oxygen atoms in total. The fourth-order valence-electron chi connectivity index (χ4n) is 2.67. The van der Waals surface area contributed by atoms with Crippen molar-refractivity contribution in [3.05, 3.63) is 28.2 Å². The molecule has 0 aliphatic rings. The molecule has 0 heterocycles. The van der Waals surface area contributed by atoms with Gasteiger partial charge in [0.15, 0.2) is 12.9 Å². The molecule has 0 radical (unpaired) electrons. The molecule has 1 rings (SSSR count). The van der Waals surface area contributed by atoms with Gasteiger partial charge < -0.3 is 10.1 Å². The van der Waals surface area contributed by atoms with Crippen molar-refractivity contribution >= 4 is 28.1 Å². The van der Waals surface area contributed by atoms with Crippen molar-refractivity contribution in [1.29, 1.82) is 0 Å². The number of amides is 1. The minimum absolute atomic E-state index is 0.115. The lowest BCUT2D eigenvalue weighted by atomic mass is 9.82. The van der Waals surface area contributed by atoms with E-state index in [1.807, 2.05) is 13.8 Å². The van der Waals surface area contributed by atoms with Crippen LogP contribution in [0.1, 0.15) is 51.4 Å². The molecule has 1 aromatic rings. The van der Waals surface area contributed by atoms with Crippen LogP contribution in [0, 0.1) is 5.41 Å². The van der Waals surface area contributed by atoms with E-state index in [0.717, 1.165) is 10.9 Å². The molecule has 0 aliphatic carbocycles. The maximum Gasteiger partial charge on any atom is 0.258 e. The molecule has 0 fully saturated rings. The van der Waals surface area contributed by atoms with Gasteiger partial charge in [-0.1, -0.05) is 36.7 Å². The summed E-state index contributed by atoms with van der Waals surface area (Å²) in [5, 5.41) is 2.97. The van der Waals surface area contributed by atoms with Crippen LogP contribution in [0.25, 0.3) is 0 Å². The van der Waals surface area contributed by atoms with Crippen LogP contribution in [0.15, 0.2) is 22.7 Å². The first-order chi connectivity index (χ1) is 10.0. The molecule has 0 saturated carbocycles. The van der Waals surface area contributed by atoms with E-state index in [2.05, 4.69) is 42.0 Å². The second-order valence-electron chi connectivity index (χ2n) is 7.26. The molecule has 0 aliphatic heterocycles. The first kappa shape index (κ1) is 18.7. The number of rotatable bonds is 6. The fraction of sp³-hybridized carbons (Fsp3) is 0.529. The van der Waals surface area contributed by atoms with E-state index in [0.29, 0.717) is 17.6 Å². The van der Waals surface area contributed by atoms with Gasteiger partial charge in [-0.05, 0) is 43.9 Å². The number of aldehydes is 1. The zero-order valence-electron chi connectivity index (χ0n) is 13.8. The third kappa shape index (κ3) is 6.60. The van der Waals surface area contributed by atoms with E-state index in [9.17, 15) is 9.59 Å². The minimum Gasteiger partial charge on any atom is -0.483 e. The average molecular weight is 370 g/mol. The van der Waals surface area contributed by atoms with Gasteiger partial charge in [0.2, 0.25) is 0 Å². The topological polar surface area (TPSA) is 55.4 Å². The minimum atomic E-state index is -0.314. The summed E-state index contributed by atoms with van der Waals surface area (Å²) in [6.45, 7) is 10.3. The van der Waals surface area contributed by atoms with Crippen molar-refractivity contribution < 1.29 is 14.3 Å². The summed E-state index contributed by atoms with van der Waals surface area (Å²) in [6, 6.07) is 5.09. The molecule has 0 spiro atoms. The van der Waals surface area contributed by atoms with Crippen molar-refractivity contribution in [2.75, 3.05) is 6.61 Å². The Labute approximate surface area is 140 Å². The van der Waals surface area contributed by atoms with Crippen molar-refractivity contribution in [3.8, 4) is 5.75 Å². The number of carbonyl (C=O) groups excluding carboxylic acids is 2. The summed E-state index contributed by atoms with van der Waals surface area (Å²) >= 11 is 3.29. The standard InChI is InChI=1S/C17H24BrNO3/c1-16(2,3)11-17(4,5)19-15(21)10-22-14-7-6-13(18)8-12(14)9-20/h6-9H,10-11H2,1-5H3,(H,19,21). The van der Waals surface area contributed by atoms with E-state index in [-0.39, 0.29) is 23.5 Å². The summed E-state index contributed by atoms with van der Waals surface area (Å²) < 4.78 is 6.25. The lowest BCUT2D eigenvalue weighted by molar-refractivity contribution is -0.125. The molecule has 1 amide bonds. The van der Waals surface area contributed by atoms with Gasteiger partial charge in [-0.2, -0.15) is 0 Å². The molecule has 0 atom stereocenters. The quantitative estimate of drug-likeness (QED) is 0.771. The molecule has 5 heteroatoms. The first-order valence-corrected chi connectivity index (χ1v) is 8.00. The van der Waals surface area contributed by atoms with Gasteiger partial charge in [-0.25, -0.2) is 0 Å². The smallest absolute Gasteiger partial charge is 0.258 e. The van der Waals surface area contributed by atoms with Crippen LogP contribution in [0.3, 0.4) is 0 Å². The highest BCUT2D eigenvalue weighted by Gasteiger charge is 2.27. The number of hydrogen-bond donors (Lipinski definition) is 1. The zero-order valence-corrected chi connectivity index (χ0v) is 15.4. The Morgan fingerprint density at radius 1 is 1.27 bits per heavy atom. The molecule has 0 aromatic heterocycles. The van der Waals surface area contributed by atoms with Crippen molar-refractivity contribution in [2.45, 2.75) is 46.6 Å². The number of ether oxygens (including phenoxy) is 1. The SMILES string of the molecule is CC(C)(C)CC(C)(C)NC(=O)COc1ccc(Br)cc1C=O. The van der Waals surface area contributed by atoms with Gasteiger partial charge in [0.25, 0.3) is 5.91 Å². The Morgan fingerprint density at radius 3 is 2.45 bits per heavy atom. The molecule has 122 valence electrons. The van der Waals surface area contributed by atoms with Crippen LogP contribution in [0.2, 0.25) is 0 Å². The summed E-state index contributed by atoms with van der Waals surface area (Å²) in [5.41, 5.74) is 0.219. The third-order valence-corrected chi connectivity index (χ3v) is 3.40. The highest BCUT2D eigenvalue weighted by Crippen LogP contribution is 2.27. The number of nitrogens with one attached hydrogen (secondary N) is 1. The Bertz CT molecular complexity index is 547. The number of hydrogen-bond acceptors (Lipinski definition) is 3. The van der Waals surface area contributed by atoms with E-state index in [4.69, 9.17) is 4.74 Å². The second-order valence-corrected chi connectivity index (χ2v) is 8.17. The molecule has 1 aromatic carbocycles. The van der Waals surface area contributed by atoms with E-state index in [1.165, 1.54) is 0 Å². The molecular weight excluding hydrogens is 346 g/mol. The largest absolute Gasteiger partial charge is 0.483 e. The lowest BCUT2D eigenvalue weighted by Crippen LogP contribution is -2.47. The Morgan fingerprint density at radius 2 is 1.91 bits per heavy atom. The highest BCUT2D eigenvalue weighted by molar-refractivity contribution is 9.10. The maximum atomic E-state index is 12.1. The zero-order chi connectivity index (χ0) is 17.0. The van der Waals surface area contributed by atoms with Crippen LogP contribution in [-0.4, -0.2) is 24.3 Å². The predicted molar refractivity (Wildman–Crippen MR) is 91.3 cm³/mol. The molecule has 22 heavy (non-hydrogen) atoms. The van der Waals surface area contributed by atoms with Crippen molar-refractivity contribution in [1.82, 2.24) is 5.32 Å². The molecular formula is C17H24BrNO3. The Kier molecular flexibility index (Phi) is 6.17. The second kappa shape index (κ2) is 7.27. The van der Waals surface area contributed by atoms with E-state index in [1.54, 1.807) is 18.2 Å². The molecule has 0 unspecified atom stereocenters. The predicted octanol–water partition coefficient (Wildman–Crippen LogP) is 3.97. The van der Waals surface area contributed by atoms with Crippen LogP contribution in [0.4, 0.5) is 0 Å². The van der Waals surface area contributed by atoms with E-state index >= 15 is 0 Å². The maximum absolute atomic E-state index is 12.1. The summed E-state index contributed by atoms with van der Waals surface area (Å²) in [4.78, 5) is 23.1. The van der Waals surface area contributed by atoms with Gasteiger partial charge in [-0.3, -0.25) is 9.59 Å². The molecule has 0 bridgehead atoms. The van der Waals surface area contributed by atoms with Crippen molar-refractivity contribution in [3.63, 3.8) is 0 Å². The molecule has 0 saturated heterocycles. The fourth-order valence-corrected chi connectivity index (χ4v) is 3.05. The number of carbonyl (C=O) groups is 2. The van der Waals surface area contributed by atoms with Crippen LogP contribution in [0.5, 0.6) is 5.75 Å². The Hall–Kier alpha value is -1.36. The highest BCUT2D eigenvalue weighted by atomic mass is 79.9. The molecule has 1 N–H and O–H groups in total. The van der Waals surface area contributed by atoms with Gasteiger partial charge in [0.05, 0.1) is 5.56 Å². The number of benzene rings is 1. The lowest BCUT2D eigenvalue weighted by Gasteiger charge is -2.33. The van der Waals surface area contributed by atoms with Crippen LogP contribution >= 0.6 is 15.9 Å². The van der Waals surface area contributed by atoms with Crippen molar-refractivity contribution in [2.24, 2.45) is 5.41 Å². The first-order valence-electron chi connectivity index (χ1n) is 7.21. The van der Waals surface area contributed by atoms with Crippen LogP contribution < -0.4 is 10.1 Å². The monoisotopic (exact) mass is 369 g/mol. The Balaban J connectivity index is 2.62. The third-order valence-electron chi connectivity index (χ3n) is 2.91. The number of halogens is 1. The van der Waals surface area contributed by atoms with Gasteiger partial charge in [0, 0.05) is 10.0 Å². The summed E-state index contributed by atoms with van der Waals surface area (Å²) in [5.74, 6) is 0.205. The van der Waals surface area contributed by atoms with Crippen LogP contribution in [-0.2, 0) is 4.79 Å². The normalized spacial score (nSPS) is 11.9. The summed E-state index contributed by atoms with van der Waals surface area (Å²) in [7, 11) is 0. The van der Waals surface area contributed by atoms with Gasteiger partial charge in [-0.15, -0.1) is 0 Å². The van der Waals surface area contributed by atoms with Gasteiger partial charge >= 0.3 is 0 Å². The average Bonchev–Trinajstić information content (AvgIpc) is 2.33. The summed E-state index contributed by atoms with van der Waals surface area (Å²) in [6.07, 6.45) is 1.56. The van der Waals surface area contributed by atoms with E-state index < -0.39 is 0 Å².